The Bertz CT molecular complexity index is 1280. The molecule has 2 aromatic carbocycles. The monoisotopic (exact) mass is 412 g/mol. The predicted molar refractivity (Wildman–Crippen MR) is 122 cm³/mol. The van der Waals surface area contributed by atoms with Crippen molar-refractivity contribution in [3.05, 3.63) is 71.3 Å². The maximum absolute atomic E-state index is 9.72. The van der Waals surface area contributed by atoms with Crippen LogP contribution in [0, 0.1) is 18.3 Å². The second kappa shape index (κ2) is 7.93. The maximum atomic E-state index is 9.72. The number of hydrogen-bond acceptors (Lipinski definition) is 4. The second-order valence-corrected chi connectivity index (χ2v) is 8.19. The highest BCUT2D eigenvalue weighted by Gasteiger charge is 2.24. The van der Waals surface area contributed by atoms with Gasteiger partial charge < -0.3 is 14.5 Å². The van der Waals surface area contributed by atoms with Crippen LogP contribution >= 0.6 is 0 Å². The van der Waals surface area contributed by atoms with Gasteiger partial charge in [0.15, 0.2) is 5.65 Å². The number of quaternary nitrogens is 1. The first-order chi connectivity index (χ1) is 15.2. The van der Waals surface area contributed by atoms with Crippen molar-refractivity contribution in [1.29, 1.82) is 5.26 Å². The molecule has 0 spiro atoms. The lowest BCUT2D eigenvalue weighted by Gasteiger charge is -2.34. The van der Waals surface area contributed by atoms with E-state index >= 15 is 0 Å². The normalized spacial score (nSPS) is 14.8. The van der Waals surface area contributed by atoms with Crippen LogP contribution in [0.3, 0.4) is 0 Å². The van der Waals surface area contributed by atoms with Gasteiger partial charge in [0.2, 0.25) is 0 Å². The van der Waals surface area contributed by atoms with Gasteiger partial charge in [-0.3, -0.25) is 4.40 Å². The number of hydrogen-bond donors (Lipinski definition) is 1. The van der Waals surface area contributed by atoms with E-state index in [-0.39, 0.29) is 0 Å². The van der Waals surface area contributed by atoms with Crippen LogP contribution in [0.2, 0.25) is 0 Å². The molecule has 0 bridgehead atoms. The molecule has 1 aliphatic heterocycles. The first-order valence-electron chi connectivity index (χ1n) is 10.7. The third kappa shape index (κ3) is 3.47. The molecule has 0 aliphatic carbocycles. The summed E-state index contributed by atoms with van der Waals surface area (Å²) in [5, 5.41) is 9.72. The molecule has 0 radical (unpaired) electrons. The summed E-state index contributed by atoms with van der Waals surface area (Å²) in [7, 11) is 1.70. The molecule has 1 N–H and O–H groups in total. The highest BCUT2D eigenvalue weighted by molar-refractivity contribution is 5.85. The SMILES string of the molecule is COc1ccc(C[NH+]2CCN(c3cc(C)c(C#N)c4nc5ccccc5n34)CC2)cc1. The van der Waals surface area contributed by atoms with Crippen LogP contribution in [0.15, 0.2) is 54.6 Å². The van der Waals surface area contributed by atoms with E-state index < -0.39 is 0 Å². The molecule has 1 saturated heterocycles. The Morgan fingerprint density at radius 2 is 1.84 bits per heavy atom. The summed E-state index contributed by atoms with van der Waals surface area (Å²) in [5.41, 5.74) is 5.71. The van der Waals surface area contributed by atoms with Gasteiger partial charge >= 0.3 is 0 Å². The van der Waals surface area contributed by atoms with E-state index in [0.29, 0.717) is 5.56 Å². The Morgan fingerprint density at radius 1 is 1.10 bits per heavy atom. The Hall–Kier alpha value is -3.56. The summed E-state index contributed by atoms with van der Waals surface area (Å²) in [6, 6.07) is 21.0. The Kier molecular flexibility index (Phi) is 4.97. The van der Waals surface area contributed by atoms with Gasteiger partial charge in [-0.1, -0.05) is 12.1 Å². The molecule has 0 atom stereocenters. The number of para-hydroxylation sites is 2. The van der Waals surface area contributed by atoms with Gasteiger partial charge in [-0.05, 0) is 55.0 Å². The van der Waals surface area contributed by atoms with Crippen molar-refractivity contribution in [3.8, 4) is 11.8 Å². The van der Waals surface area contributed by atoms with Gasteiger partial charge in [0.05, 0.1) is 49.9 Å². The number of aromatic nitrogens is 2. The van der Waals surface area contributed by atoms with Crippen LogP contribution in [-0.2, 0) is 6.54 Å². The number of nitriles is 1. The number of nitrogens with one attached hydrogen (secondary N) is 1. The standard InChI is InChI=1S/C25H25N5O/c1-18-15-24(30-23-6-4-3-5-22(23)27-25(30)21(18)16-26)29-13-11-28(12-14-29)17-19-7-9-20(31-2)10-8-19/h3-10,15H,11-14,17H2,1-2H3/p+1. The molecular weight excluding hydrogens is 386 g/mol. The Morgan fingerprint density at radius 3 is 2.55 bits per heavy atom. The second-order valence-electron chi connectivity index (χ2n) is 8.19. The number of anilines is 1. The molecule has 6 heteroatoms. The molecule has 2 aromatic heterocycles. The molecule has 156 valence electrons. The van der Waals surface area contributed by atoms with Crippen LogP contribution < -0.4 is 14.5 Å². The highest BCUT2D eigenvalue weighted by atomic mass is 16.5. The molecule has 6 nitrogen and oxygen atoms in total. The van der Waals surface area contributed by atoms with Crippen molar-refractivity contribution < 1.29 is 9.64 Å². The number of pyridine rings is 1. The summed E-state index contributed by atoms with van der Waals surface area (Å²) in [6.07, 6.45) is 0. The fraction of sp³-hybridized carbons (Fsp3) is 0.280. The van der Waals surface area contributed by atoms with E-state index in [2.05, 4.69) is 39.6 Å². The summed E-state index contributed by atoms with van der Waals surface area (Å²) in [4.78, 5) is 8.80. The maximum Gasteiger partial charge on any atom is 0.157 e. The van der Waals surface area contributed by atoms with E-state index in [9.17, 15) is 5.26 Å². The number of imidazole rings is 1. The minimum atomic E-state index is 0.656. The van der Waals surface area contributed by atoms with E-state index in [1.54, 1.807) is 12.0 Å². The average molecular weight is 413 g/mol. The molecule has 31 heavy (non-hydrogen) atoms. The molecule has 1 fully saturated rings. The van der Waals surface area contributed by atoms with Gasteiger partial charge in [-0.15, -0.1) is 0 Å². The van der Waals surface area contributed by atoms with Gasteiger partial charge in [0.1, 0.15) is 24.2 Å². The summed E-state index contributed by atoms with van der Waals surface area (Å²) >= 11 is 0. The minimum absolute atomic E-state index is 0.656. The number of piperazine rings is 1. The van der Waals surface area contributed by atoms with Gasteiger partial charge in [0, 0.05) is 5.56 Å². The van der Waals surface area contributed by atoms with Gasteiger partial charge in [-0.2, -0.15) is 5.26 Å². The lowest BCUT2D eigenvalue weighted by atomic mass is 10.1. The van der Waals surface area contributed by atoms with Crippen LogP contribution in [0.5, 0.6) is 5.75 Å². The topological polar surface area (TPSA) is 58.0 Å². The number of ether oxygens (including phenoxy) is 1. The molecule has 3 heterocycles. The van der Waals surface area contributed by atoms with Crippen LogP contribution in [0.1, 0.15) is 16.7 Å². The number of fused-ring (bicyclic) bond motifs is 3. The Labute approximate surface area is 181 Å². The first kappa shape index (κ1) is 19.4. The van der Waals surface area contributed by atoms with E-state index in [1.165, 1.54) is 5.56 Å². The zero-order chi connectivity index (χ0) is 21.4. The third-order valence-electron chi connectivity index (χ3n) is 6.27. The number of benzene rings is 2. The van der Waals surface area contributed by atoms with Crippen molar-refractivity contribution in [1.82, 2.24) is 9.38 Å². The lowest BCUT2D eigenvalue weighted by molar-refractivity contribution is -0.914. The minimum Gasteiger partial charge on any atom is -0.497 e. The molecule has 0 saturated carbocycles. The van der Waals surface area contributed by atoms with Gasteiger partial charge in [0.25, 0.3) is 0 Å². The number of nitrogens with zero attached hydrogens (tertiary/aromatic N) is 4. The van der Waals surface area contributed by atoms with Crippen molar-refractivity contribution in [2.45, 2.75) is 13.5 Å². The zero-order valence-electron chi connectivity index (χ0n) is 17.9. The Balaban J connectivity index is 1.42. The van der Waals surface area contributed by atoms with Gasteiger partial charge in [-0.25, -0.2) is 4.98 Å². The molecule has 1 aliphatic rings. The van der Waals surface area contributed by atoms with E-state index in [4.69, 9.17) is 9.72 Å². The van der Waals surface area contributed by atoms with Crippen LogP contribution in [-0.4, -0.2) is 42.7 Å². The van der Waals surface area contributed by atoms with Crippen molar-refractivity contribution >= 4 is 22.5 Å². The molecular formula is C25H26N5O+. The number of aryl methyl sites for hydroxylation is 1. The first-order valence-corrected chi connectivity index (χ1v) is 10.7. The number of rotatable bonds is 4. The smallest absolute Gasteiger partial charge is 0.157 e. The van der Waals surface area contributed by atoms with Crippen LogP contribution in [0.25, 0.3) is 16.7 Å². The molecule has 0 unspecified atom stereocenters. The zero-order valence-corrected chi connectivity index (χ0v) is 17.9. The quantitative estimate of drug-likeness (QED) is 0.560. The summed E-state index contributed by atoms with van der Waals surface area (Å²) in [5.74, 6) is 2.03. The van der Waals surface area contributed by atoms with Crippen molar-refractivity contribution in [3.63, 3.8) is 0 Å². The fourth-order valence-electron chi connectivity index (χ4n) is 4.56. The third-order valence-corrected chi connectivity index (χ3v) is 6.27. The summed E-state index contributed by atoms with van der Waals surface area (Å²) < 4.78 is 7.43. The van der Waals surface area contributed by atoms with Crippen molar-refractivity contribution in [2.75, 3.05) is 38.2 Å². The molecule has 5 rings (SSSR count). The predicted octanol–water partition coefficient (Wildman–Crippen LogP) is 2.58. The van der Waals surface area contributed by atoms with E-state index in [1.807, 2.05) is 37.3 Å². The molecule has 4 aromatic rings. The fourth-order valence-corrected chi connectivity index (χ4v) is 4.56. The molecule has 0 amide bonds. The van der Waals surface area contributed by atoms with Crippen LogP contribution in [0.4, 0.5) is 5.82 Å². The highest BCUT2D eigenvalue weighted by Crippen LogP contribution is 2.28. The number of methoxy groups -OCH3 is 1. The van der Waals surface area contributed by atoms with Crippen molar-refractivity contribution in [2.24, 2.45) is 0 Å². The summed E-state index contributed by atoms with van der Waals surface area (Å²) in [6.45, 7) is 7.11. The van der Waals surface area contributed by atoms with E-state index in [0.717, 1.165) is 66.5 Å². The lowest BCUT2D eigenvalue weighted by Crippen LogP contribution is -3.13. The largest absolute Gasteiger partial charge is 0.497 e. The average Bonchev–Trinajstić information content (AvgIpc) is 3.19.